The molecule has 0 aliphatic heterocycles. The smallest absolute Gasteiger partial charge is 0.140 e. The Labute approximate surface area is 111 Å². The molecule has 94 valence electrons. The van der Waals surface area contributed by atoms with Crippen LogP contribution in [0.2, 0.25) is 0 Å². The predicted octanol–water partition coefficient (Wildman–Crippen LogP) is 2.76. The Morgan fingerprint density at radius 3 is 2.95 bits per heavy atom. The van der Waals surface area contributed by atoms with Gasteiger partial charge in [-0.3, -0.25) is 0 Å². The summed E-state index contributed by atoms with van der Waals surface area (Å²) in [5, 5.41) is 21.9. The zero-order valence-electron chi connectivity index (χ0n) is 10.3. The molecule has 1 atom stereocenters. The van der Waals surface area contributed by atoms with E-state index in [1.807, 2.05) is 24.3 Å². The molecule has 2 N–H and O–H groups in total. The lowest BCUT2D eigenvalue weighted by atomic mass is 10.1. The van der Waals surface area contributed by atoms with Crippen molar-refractivity contribution in [1.29, 1.82) is 5.26 Å². The van der Waals surface area contributed by atoms with Gasteiger partial charge in [0.1, 0.15) is 17.5 Å². The van der Waals surface area contributed by atoms with Crippen molar-refractivity contribution in [3.05, 3.63) is 53.3 Å². The SMILES string of the molecule is N#Cc1ccc(N[C@@H]2CCc3c(O)cccc32)cn1. The van der Waals surface area contributed by atoms with Crippen LogP contribution in [0.5, 0.6) is 5.75 Å². The van der Waals surface area contributed by atoms with E-state index < -0.39 is 0 Å². The van der Waals surface area contributed by atoms with E-state index in [1.54, 1.807) is 18.3 Å². The fraction of sp³-hybridized carbons (Fsp3) is 0.200. The summed E-state index contributed by atoms with van der Waals surface area (Å²) in [4.78, 5) is 4.04. The van der Waals surface area contributed by atoms with Gasteiger partial charge in [-0.25, -0.2) is 4.98 Å². The van der Waals surface area contributed by atoms with Crippen LogP contribution in [0, 0.1) is 11.3 Å². The third-order valence-corrected chi connectivity index (χ3v) is 3.46. The van der Waals surface area contributed by atoms with Crippen LogP contribution in [0.3, 0.4) is 0 Å². The Morgan fingerprint density at radius 1 is 1.32 bits per heavy atom. The topological polar surface area (TPSA) is 68.9 Å². The highest BCUT2D eigenvalue weighted by Gasteiger charge is 2.24. The molecule has 0 saturated carbocycles. The molecule has 1 aliphatic carbocycles. The van der Waals surface area contributed by atoms with Gasteiger partial charge in [0.25, 0.3) is 0 Å². The molecule has 4 nitrogen and oxygen atoms in total. The Hall–Kier alpha value is -2.54. The molecule has 1 aromatic heterocycles. The van der Waals surface area contributed by atoms with Gasteiger partial charge in [-0.15, -0.1) is 0 Å². The van der Waals surface area contributed by atoms with Crippen LogP contribution in [-0.2, 0) is 6.42 Å². The van der Waals surface area contributed by atoms with E-state index in [2.05, 4.69) is 10.3 Å². The molecule has 0 unspecified atom stereocenters. The van der Waals surface area contributed by atoms with Crippen LogP contribution in [0.4, 0.5) is 5.69 Å². The van der Waals surface area contributed by atoms with Crippen LogP contribution >= 0.6 is 0 Å². The Bertz CT molecular complexity index is 643. The van der Waals surface area contributed by atoms with Crippen molar-refractivity contribution in [2.45, 2.75) is 18.9 Å². The summed E-state index contributed by atoms with van der Waals surface area (Å²) in [6, 6.07) is 11.4. The Morgan fingerprint density at radius 2 is 2.21 bits per heavy atom. The van der Waals surface area contributed by atoms with Gasteiger partial charge in [0.15, 0.2) is 0 Å². The van der Waals surface area contributed by atoms with E-state index in [-0.39, 0.29) is 6.04 Å². The van der Waals surface area contributed by atoms with E-state index in [4.69, 9.17) is 5.26 Å². The number of nitrogens with zero attached hydrogens (tertiary/aromatic N) is 2. The van der Waals surface area contributed by atoms with Crippen LogP contribution in [0.1, 0.15) is 29.3 Å². The summed E-state index contributed by atoms with van der Waals surface area (Å²) >= 11 is 0. The maximum Gasteiger partial charge on any atom is 0.140 e. The molecule has 3 rings (SSSR count). The molecular formula is C15H13N3O. The summed E-state index contributed by atoms with van der Waals surface area (Å²) in [6.07, 6.45) is 3.50. The molecule has 0 spiro atoms. The summed E-state index contributed by atoms with van der Waals surface area (Å²) in [7, 11) is 0. The molecule has 0 fully saturated rings. The average Bonchev–Trinajstić information content (AvgIpc) is 2.84. The zero-order valence-corrected chi connectivity index (χ0v) is 10.3. The van der Waals surface area contributed by atoms with E-state index in [9.17, 15) is 5.11 Å². The standard InChI is InChI=1S/C15H13N3O/c16-8-10-4-5-11(9-17-10)18-14-7-6-13-12(14)2-1-3-15(13)19/h1-5,9,14,18-19H,6-7H2/t14-/m1/s1. The van der Waals surface area contributed by atoms with Gasteiger partial charge in [0.05, 0.1) is 17.9 Å². The van der Waals surface area contributed by atoms with Crippen molar-refractivity contribution in [2.24, 2.45) is 0 Å². The second-order valence-corrected chi connectivity index (χ2v) is 4.62. The van der Waals surface area contributed by atoms with Gasteiger partial charge in [-0.2, -0.15) is 5.26 Å². The van der Waals surface area contributed by atoms with Crippen molar-refractivity contribution in [3.63, 3.8) is 0 Å². The van der Waals surface area contributed by atoms with E-state index in [1.165, 1.54) is 0 Å². The third kappa shape index (κ3) is 2.11. The minimum absolute atomic E-state index is 0.192. The Balaban J connectivity index is 1.83. The minimum Gasteiger partial charge on any atom is -0.508 e. The molecule has 2 aromatic rings. The van der Waals surface area contributed by atoms with E-state index >= 15 is 0 Å². The molecule has 1 aromatic carbocycles. The van der Waals surface area contributed by atoms with Crippen molar-refractivity contribution >= 4 is 5.69 Å². The number of rotatable bonds is 2. The number of aromatic hydroxyl groups is 1. The largest absolute Gasteiger partial charge is 0.508 e. The maximum atomic E-state index is 9.81. The molecule has 0 bridgehead atoms. The zero-order chi connectivity index (χ0) is 13.2. The number of anilines is 1. The van der Waals surface area contributed by atoms with Gasteiger partial charge in [0, 0.05) is 0 Å². The highest BCUT2D eigenvalue weighted by atomic mass is 16.3. The third-order valence-electron chi connectivity index (χ3n) is 3.46. The number of benzene rings is 1. The molecule has 1 aliphatic rings. The quantitative estimate of drug-likeness (QED) is 0.861. The first-order valence-electron chi connectivity index (χ1n) is 6.21. The van der Waals surface area contributed by atoms with Crippen LogP contribution in [0.15, 0.2) is 36.5 Å². The monoisotopic (exact) mass is 251 g/mol. The second-order valence-electron chi connectivity index (χ2n) is 4.62. The minimum atomic E-state index is 0.192. The van der Waals surface area contributed by atoms with Crippen LogP contribution in [-0.4, -0.2) is 10.1 Å². The van der Waals surface area contributed by atoms with Gasteiger partial charge in [-0.05, 0) is 42.2 Å². The van der Waals surface area contributed by atoms with E-state index in [0.717, 1.165) is 29.7 Å². The summed E-state index contributed by atoms with van der Waals surface area (Å²) in [6.45, 7) is 0. The van der Waals surface area contributed by atoms with Crippen molar-refractivity contribution < 1.29 is 5.11 Å². The first-order valence-corrected chi connectivity index (χ1v) is 6.21. The molecule has 19 heavy (non-hydrogen) atoms. The first-order chi connectivity index (χ1) is 9.28. The first kappa shape index (κ1) is 11.5. The second kappa shape index (κ2) is 4.62. The lowest BCUT2D eigenvalue weighted by molar-refractivity contribution is 0.469. The average molecular weight is 251 g/mol. The van der Waals surface area contributed by atoms with Gasteiger partial charge < -0.3 is 10.4 Å². The number of phenolic OH excluding ortho intramolecular Hbond substituents is 1. The van der Waals surface area contributed by atoms with Crippen LogP contribution in [0.25, 0.3) is 0 Å². The molecule has 0 radical (unpaired) electrons. The molecule has 4 heteroatoms. The van der Waals surface area contributed by atoms with Crippen LogP contribution < -0.4 is 5.32 Å². The number of pyridine rings is 1. The van der Waals surface area contributed by atoms with E-state index in [0.29, 0.717) is 11.4 Å². The number of aromatic nitrogens is 1. The fourth-order valence-corrected chi connectivity index (χ4v) is 2.53. The number of fused-ring (bicyclic) bond motifs is 1. The maximum absolute atomic E-state index is 9.81. The van der Waals surface area contributed by atoms with Gasteiger partial charge >= 0.3 is 0 Å². The summed E-state index contributed by atoms with van der Waals surface area (Å²) in [5.74, 6) is 0.375. The normalized spacial score (nSPS) is 16.7. The lowest BCUT2D eigenvalue weighted by Crippen LogP contribution is -2.07. The molecule has 1 heterocycles. The molecular weight excluding hydrogens is 238 g/mol. The molecule has 0 amide bonds. The number of nitrogens with one attached hydrogen (secondary N) is 1. The highest BCUT2D eigenvalue weighted by molar-refractivity contribution is 5.50. The summed E-state index contributed by atoms with van der Waals surface area (Å²) < 4.78 is 0. The molecule has 0 saturated heterocycles. The summed E-state index contributed by atoms with van der Waals surface area (Å²) in [5.41, 5.74) is 3.47. The fourth-order valence-electron chi connectivity index (χ4n) is 2.53. The van der Waals surface area contributed by atoms with Gasteiger partial charge in [0.2, 0.25) is 0 Å². The van der Waals surface area contributed by atoms with Crippen molar-refractivity contribution in [2.75, 3.05) is 5.32 Å². The number of hydrogen-bond acceptors (Lipinski definition) is 4. The van der Waals surface area contributed by atoms with Gasteiger partial charge in [-0.1, -0.05) is 12.1 Å². The highest BCUT2D eigenvalue weighted by Crippen LogP contribution is 2.37. The van der Waals surface area contributed by atoms with Crippen molar-refractivity contribution in [1.82, 2.24) is 4.98 Å². The Kier molecular flexibility index (Phi) is 2.81. The number of phenols is 1. The number of hydrogen-bond donors (Lipinski definition) is 2. The number of nitriles is 1. The van der Waals surface area contributed by atoms with Crippen molar-refractivity contribution in [3.8, 4) is 11.8 Å². The predicted molar refractivity (Wildman–Crippen MR) is 71.7 cm³/mol. The lowest BCUT2D eigenvalue weighted by Gasteiger charge is -2.15.